The molecule has 0 saturated carbocycles. The van der Waals surface area contributed by atoms with Crippen molar-refractivity contribution in [1.29, 1.82) is 0 Å². The number of rotatable bonds is 5. The molecule has 1 atom stereocenters. The Hall–Kier alpha value is -1.30. The van der Waals surface area contributed by atoms with Gasteiger partial charge >= 0.3 is 0 Å². The highest BCUT2D eigenvalue weighted by Crippen LogP contribution is 2.05. The first-order chi connectivity index (χ1) is 8.06. The van der Waals surface area contributed by atoms with Crippen LogP contribution in [0, 0.1) is 6.92 Å². The molecule has 94 valence electrons. The van der Waals surface area contributed by atoms with Crippen molar-refractivity contribution in [3.05, 3.63) is 17.5 Å². The van der Waals surface area contributed by atoms with Gasteiger partial charge in [-0.15, -0.1) is 0 Å². The quantitative estimate of drug-likeness (QED) is 0.829. The Morgan fingerprint density at radius 3 is 2.82 bits per heavy atom. The van der Waals surface area contributed by atoms with Gasteiger partial charge in [-0.2, -0.15) is 11.8 Å². The molecule has 0 radical (unpaired) electrons. The number of hydrogen-bond donors (Lipinski definition) is 2. The summed E-state index contributed by atoms with van der Waals surface area (Å²) in [5, 5.41) is 5.73. The van der Waals surface area contributed by atoms with Crippen molar-refractivity contribution >= 4 is 23.6 Å². The number of nitrogens with zero attached hydrogens (tertiary/aromatic N) is 2. The monoisotopic (exact) mass is 254 g/mol. The van der Waals surface area contributed by atoms with Gasteiger partial charge in [0.2, 0.25) is 5.95 Å². The maximum atomic E-state index is 11.9. The summed E-state index contributed by atoms with van der Waals surface area (Å²) in [6.07, 6.45) is 2.01. The molecule has 1 aromatic rings. The lowest BCUT2D eigenvalue weighted by molar-refractivity contribution is 0.0938. The zero-order chi connectivity index (χ0) is 12.8. The van der Waals surface area contributed by atoms with E-state index in [1.54, 1.807) is 24.9 Å². The number of amides is 1. The van der Waals surface area contributed by atoms with Gasteiger partial charge in [-0.1, -0.05) is 0 Å². The molecule has 0 aliphatic rings. The zero-order valence-electron chi connectivity index (χ0n) is 10.6. The van der Waals surface area contributed by atoms with Gasteiger partial charge in [0.15, 0.2) is 0 Å². The molecular formula is C11H18N4OS. The molecule has 0 spiro atoms. The van der Waals surface area contributed by atoms with Gasteiger partial charge in [-0.05, 0) is 26.2 Å². The molecule has 0 aliphatic heterocycles. The molecule has 17 heavy (non-hydrogen) atoms. The lowest BCUT2D eigenvalue weighted by Gasteiger charge is -2.12. The van der Waals surface area contributed by atoms with Crippen LogP contribution in [0.4, 0.5) is 5.95 Å². The summed E-state index contributed by atoms with van der Waals surface area (Å²) in [7, 11) is 1.73. The molecule has 1 aromatic heterocycles. The number of nitrogens with one attached hydrogen (secondary N) is 2. The van der Waals surface area contributed by atoms with E-state index in [9.17, 15) is 4.79 Å². The maximum Gasteiger partial charge on any atom is 0.270 e. The molecule has 1 unspecified atom stereocenters. The van der Waals surface area contributed by atoms with Crippen molar-refractivity contribution in [1.82, 2.24) is 15.3 Å². The van der Waals surface area contributed by atoms with Crippen molar-refractivity contribution in [2.45, 2.75) is 19.9 Å². The SMILES string of the molecule is CNc1nc(C)cc(C(=O)NC(C)CSC)n1. The Labute approximate surface area is 106 Å². The average molecular weight is 254 g/mol. The van der Waals surface area contributed by atoms with Gasteiger partial charge in [0, 0.05) is 24.5 Å². The Morgan fingerprint density at radius 2 is 2.24 bits per heavy atom. The second-order valence-electron chi connectivity index (χ2n) is 3.80. The van der Waals surface area contributed by atoms with E-state index in [0.717, 1.165) is 11.4 Å². The third kappa shape index (κ3) is 4.22. The fourth-order valence-corrected chi connectivity index (χ4v) is 1.97. The molecule has 2 N–H and O–H groups in total. The van der Waals surface area contributed by atoms with E-state index >= 15 is 0 Å². The molecule has 6 heteroatoms. The number of thioether (sulfide) groups is 1. The fraction of sp³-hybridized carbons (Fsp3) is 0.545. The highest BCUT2D eigenvalue weighted by molar-refractivity contribution is 7.98. The van der Waals surface area contributed by atoms with Crippen LogP contribution in [0.5, 0.6) is 0 Å². The van der Waals surface area contributed by atoms with Gasteiger partial charge in [0.1, 0.15) is 5.69 Å². The summed E-state index contributed by atoms with van der Waals surface area (Å²) < 4.78 is 0. The van der Waals surface area contributed by atoms with Crippen LogP contribution in [0.1, 0.15) is 23.1 Å². The topological polar surface area (TPSA) is 66.9 Å². The minimum absolute atomic E-state index is 0.130. The van der Waals surface area contributed by atoms with Crippen LogP contribution in [-0.4, -0.2) is 41.0 Å². The number of carbonyl (C=O) groups excluding carboxylic acids is 1. The Balaban J connectivity index is 2.78. The van der Waals surface area contributed by atoms with E-state index in [-0.39, 0.29) is 11.9 Å². The van der Waals surface area contributed by atoms with Crippen LogP contribution in [-0.2, 0) is 0 Å². The van der Waals surface area contributed by atoms with Crippen molar-refractivity contribution < 1.29 is 4.79 Å². The largest absolute Gasteiger partial charge is 0.357 e. The highest BCUT2D eigenvalue weighted by Gasteiger charge is 2.12. The van der Waals surface area contributed by atoms with E-state index in [4.69, 9.17) is 0 Å². The lowest BCUT2D eigenvalue weighted by atomic mass is 10.3. The van der Waals surface area contributed by atoms with E-state index in [2.05, 4.69) is 20.6 Å². The van der Waals surface area contributed by atoms with Gasteiger partial charge in [0.05, 0.1) is 0 Å². The normalized spacial score (nSPS) is 12.0. The average Bonchev–Trinajstić information content (AvgIpc) is 2.28. The Morgan fingerprint density at radius 1 is 1.53 bits per heavy atom. The van der Waals surface area contributed by atoms with Crippen LogP contribution in [0.25, 0.3) is 0 Å². The minimum Gasteiger partial charge on any atom is -0.357 e. The Kier molecular flexibility index (Phi) is 5.21. The summed E-state index contributed by atoms with van der Waals surface area (Å²) >= 11 is 1.70. The van der Waals surface area contributed by atoms with Crippen molar-refractivity contribution in [2.24, 2.45) is 0 Å². The number of carbonyl (C=O) groups is 1. The van der Waals surface area contributed by atoms with Crippen molar-refractivity contribution in [2.75, 3.05) is 24.4 Å². The van der Waals surface area contributed by atoms with Gasteiger partial charge in [-0.3, -0.25) is 4.79 Å². The summed E-state index contributed by atoms with van der Waals surface area (Å²) in [4.78, 5) is 20.2. The van der Waals surface area contributed by atoms with Crippen LogP contribution in [0.3, 0.4) is 0 Å². The molecule has 0 aliphatic carbocycles. The molecule has 0 aromatic carbocycles. The summed E-state index contributed by atoms with van der Waals surface area (Å²) in [6, 6.07) is 1.81. The van der Waals surface area contributed by atoms with Crippen LogP contribution < -0.4 is 10.6 Å². The molecule has 0 saturated heterocycles. The predicted octanol–water partition coefficient (Wildman–Crippen LogP) is 1.31. The standard InChI is InChI=1S/C11H18N4OS/c1-7-5-9(15-11(12-3)14-7)10(16)13-8(2)6-17-4/h5,8H,6H2,1-4H3,(H,13,16)(H,12,14,15). The lowest BCUT2D eigenvalue weighted by Crippen LogP contribution is -2.34. The smallest absolute Gasteiger partial charge is 0.270 e. The summed E-state index contributed by atoms with van der Waals surface area (Å²) in [5.41, 5.74) is 1.17. The molecule has 5 nitrogen and oxygen atoms in total. The van der Waals surface area contributed by atoms with Gasteiger partial charge in [0.25, 0.3) is 5.91 Å². The van der Waals surface area contributed by atoms with Crippen molar-refractivity contribution in [3.63, 3.8) is 0 Å². The number of aromatic nitrogens is 2. The predicted molar refractivity (Wildman–Crippen MR) is 71.6 cm³/mol. The minimum atomic E-state index is -0.159. The van der Waals surface area contributed by atoms with E-state index in [1.165, 1.54) is 0 Å². The third-order valence-electron chi connectivity index (χ3n) is 2.10. The van der Waals surface area contributed by atoms with Crippen molar-refractivity contribution in [3.8, 4) is 0 Å². The number of anilines is 1. The molecule has 1 rings (SSSR count). The first kappa shape index (κ1) is 13.8. The summed E-state index contributed by atoms with van der Waals surface area (Å²) in [6.45, 7) is 3.81. The third-order valence-corrected chi connectivity index (χ3v) is 2.94. The van der Waals surface area contributed by atoms with Gasteiger partial charge in [-0.25, -0.2) is 9.97 Å². The number of aryl methyl sites for hydroxylation is 1. The number of hydrogen-bond acceptors (Lipinski definition) is 5. The van der Waals surface area contributed by atoms with E-state index in [0.29, 0.717) is 11.6 Å². The molecule has 1 heterocycles. The first-order valence-electron chi connectivity index (χ1n) is 5.40. The Bertz CT molecular complexity index is 397. The fourth-order valence-electron chi connectivity index (χ4n) is 1.39. The molecule has 0 fully saturated rings. The van der Waals surface area contributed by atoms with E-state index < -0.39 is 0 Å². The first-order valence-corrected chi connectivity index (χ1v) is 6.79. The molecule has 0 bridgehead atoms. The second-order valence-corrected chi connectivity index (χ2v) is 4.71. The van der Waals surface area contributed by atoms with E-state index in [1.807, 2.05) is 20.1 Å². The van der Waals surface area contributed by atoms with Crippen LogP contribution in [0.2, 0.25) is 0 Å². The van der Waals surface area contributed by atoms with Crippen LogP contribution >= 0.6 is 11.8 Å². The maximum absolute atomic E-state index is 11.9. The van der Waals surface area contributed by atoms with Crippen LogP contribution in [0.15, 0.2) is 6.07 Å². The summed E-state index contributed by atoms with van der Waals surface area (Å²) in [5.74, 6) is 1.19. The highest BCUT2D eigenvalue weighted by atomic mass is 32.2. The molecule has 1 amide bonds. The second kappa shape index (κ2) is 6.44. The molecular weight excluding hydrogens is 236 g/mol. The van der Waals surface area contributed by atoms with Gasteiger partial charge < -0.3 is 10.6 Å². The zero-order valence-corrected chi connectivity index (χ0v) is 11.4.